The minimum atomic E-state index is -0.327. The fourth-order valence-electron chi connectivity index (χ4n) is 0.808. The summed E-state index contributed by atoms with van der Waals surface area (Å²) < 4.78 is 13.2. The first kappa shape index (κ1) is 9.44. The van der Waals surface area contributed by atoms with Crippen molar-refractivity contribution in [3.8, 4) is 0 Å². The van der Waals surface area contributed by atoms with Crippen LogP contribution in [-0.2, 0) is 0 Å². The lowest BCUT2D eigenvalue weighted by atomic mass is 10.2. The zero-order valence-electron chi connectivity index (χ0n) is 6.40. The molecule has 1 amide bonds. The SMILES string of the molecule is CNC(=O)c1ccc(F)cc1I. The molecule has 0 saturated heterocycles. The molecule has 0 aliphatic rings. The van der Waals surface area contributed by atoms with E-state index in [0.29, 0.717) is 9.13 Å². The quantitative estimate of drug-likeness (QED) is 0.780. The van der Waals surface area contributed by atoms with Crippen molar-refractivity contribution in [1.29, 1.82) is 0 Å². The Morgan fingerprint density at radius 2 is 2.25 bits per heavy atom. The molecule has 1 aromatic carbocycles. The number of carbonyl (C=O) groups is 1. The van der Waals surface area contributed by atoms with Crippen molar-refractivity contribution in [3.05, 3.63) is 33.1 Å². The van der Waals surface area contributed by atoms with Crippen LogP contribution in [0.5, 0.6) is 0 Å². The highest BCUT2D eigenvalue weighted by atomic mass is 127. The van der Waals surface area contributed by atoms with Gasteiger partial charge in [-0.3, -0.25) is 4.79 Å². The molecule has 0 spiro atoms. The van der Waals surface area contributed by atoms with E-state index >= 15 is 0 Å². The van der Waals surface area contributed by atoms with Gasteiger partial charge in [-0.25, -0.2) is 4.39 Å². The summed E-state index contributed by atoms with van der Waals surface area (Å²) in [4.78, 5) is 11.1. The summed E-state index contributed by atoms with van der Waals surface area (Å²) >= 11 is 1.92. The molecule has 1 N–H and O–H groups in total. The van der Waals surface area contributed by atoms with Crippen LogP contribution in [-0.4, -0.2) is 13.0 Å². The van der Waals surface area contributed by atoms with Crippen molar-refractivity contribution in [2.45, 2.75) is 0 Å². The van der Waals surface area contributed by atoms with Gasteiger partial charge in [-0.15, -0.1) is 0 Å². The normalized spacial score (nSPS) is 9.58. The van der Waals surface area contributed by atoms with Crippen LogP contribution in [0.3, 0.4) is 0 Å². The Hall–Kier alpha value is -0.650. The lowest BCUT2D eigenvalue weighted by molar-refractivity contribution is 0.0962. The van der Waals surface area contributed by atoms with Gasteiger partial charge in [0.2, 0.25) is 0 Å². The van der Waals surface area contributed by atoms with Gasteiger partial charge in [0.05, 0.1) is 5.56 Å². The van der Waals surface area contributed by atoms with Crippen LogP contribution in [0, 0.1) is 9.39 Å². The lowest BCUT2D eigenvalue weighted by Gasteiger charge is -2.01. The van der Waals surface area contributed by atoms with Gasteiger partial charge in [0.25, 0.3) is 5.91 Å². The third-order valence-electron chi connectivity index (χ3n) is 1.40. The maximum Gasteiger partial charge on any atom is 0.252 e. The minimum Gasteiger partial charge on any atom is -0.355 e. The van der Waals surface area contributed by atoms with Crippen molar-refractivity contribution in [2.24, 2.45) is 0 Å². The second kappa shape index (κ2) is 3.84. The summed E-state index contributed by atoms with van der Waals surface area (Å²) in [6.45, 7) is 0. The predicted octanol–water partition coefficient (Wildman–Crippen LogP) is 1.79. The van der Waals surface area contributed by atoms with Gasteiger partial charge >= 0.3 is 0 Å². The van der Waals surface area contributed by atoms with Gasteiger partial charge in [0, 0.05) is 10.6 Å². The minimum absolute atomic E-state index is 0.195. The van der Waals surface area contributed by atoms with E-state index < -0.39 is 0 Å². The molecule has 0 bridgehead atoms. The summed E-state index contributed by atoms with van der Waals surface area (Å²) in [6, 6.07) is 4.06. The van der Waals surface area contributed by atoms with E-state index in [-0.39, 0.29) is 11.7 Å². The van der Waals surface area contributed by atoms with Gasteiger partial charge in [0.15, 0.2) is 0 Å². The fourth-order valence-corrected chi connectivity index (χ4v) is 1.53. The molecule has 0 heterocycles. The van der Waals surface area contributed by atoms with Gasteiger partial charge < -0.3 is 5.32 Å². The standard InChI is InChI=1S/C8H7FINO/c1-11-8(12)6-3-2-5(9)4-7(6)10/h2-4H,1H3,(H,11,12). The Labute approximate surface area is 83.3 Å². The van der Waals surface area contributed by atoms with Crippen molar-refractivity contribution >= 4 is 28.5 Å². The number of hydrogen-bond acceptors (Lipinski definition) is 1. The number of hydrogen-bond donors (Lipinski definition) is 1. The highest BCUT2D eigenvalue weighted by Crippen LogP contribution is 2.13. The van der Waals surface area contributed by atoms with Crippen molar-refractivity contribution < 1.29 is 9.18 Å². The Bertz CT molecular complexity index is 314. The first-order chi connectivity index (χ1) is 5.65. The zero-order valence-corrected chi connectivity index (χ0v) is 8.55. The molecule has 0 aliphatic carbocycles. The highest BCUT2D eigenvalue weighted by molar-refractivity contribution is 14.1. The molecule has 1 rings (SSSR count). The van der Waals surface area contributed by atoms with Gasteiger partial charge in [-0.05, 0) is 40.8 Å². The van der Waals surface area contributed by atoms with Crippen LogP contribution in [0.4, 0.5) is 4.39 Å². The van der Waals surface area contributed by atoms with Crippen molar-refractivity contribution in [2.75, 3.05) is 7.05 Å². The van der Waals surface area contributed by atoms with Crippen LogP contribution in [0.25, 0.3) is 0 Å². The van der Waals surface area contributed by atoms with Crippen LogP contribution >= 0.6 is 22.6 Å². The number of carbonyl (C=O) groups excluding carboxylic acids is 1. The molecule has 12 heavy (non-hydrogen) atoms. The zero-order chi connectivity index (χ0) is 9.14. The van der Waals surface area contributed by atoms with E-state index in [9.17, 15) is 9.18 Å². The summed E-state index contributed by atoms with van der Waals surface area (Å²) in [5.41, 5.74) is 0.500. The fraction of sp³-hybridized carbons (Fsp3) is 0.125. The van der Waals surface area contributed by atoms with Crippen LogP contribution < -0.4 is 5.32 Å². The third kappa shape index (κ3) is 1.94. The molecule has 0 aromatic heterocycles. The molecule has 0 aliphatic heterocycles. The van der Waals surface area contributed by atoms with Crippen LogP contribution in [0.2, 0.25) is 0 Å². The number of benzene rings is 1. The van der Waals surface area contributed by atoms with E-state index in [2.05, 4.69) is 5.32 Å². The van der Waals surface area contributed by atoms with E-state index in [1.807, 2.05) is 22.6 Å². The van der Waals surface area contributed by atoms with Crippen LogP contribution in [0.15, 0.2) is 18.2 Å². The van der Waals surface area contributed by atoms with Crippen LogP contribution in [0.1, 0.15) is 10.4 Å². The molecule has 4 heteroatoms. The maximum absolute atomic E-state index is 12.6. The third-order valence-corrected chi connectivity index (χ3v) is 2.30. The number of nitrogens with one attached hydrogen (secondary N) is 1. The van der Waals surface area contributed by atoms with E-state index in [0.717, 1.165) is 0 Å². The number of halogens is 2. The Kier molecular flexibility index (Phi) is 3.02. The Morgan fingerprint density at radius 1 is 1.58 bits per heavy atom. The molecule has 0 fully saturated rings. The second-order valence-corrected chi connectivity index (χ2v) is 3.37. The van der Waals surface area contributed by atoms with E-state index in [4.69, 9.17) is 0 Å². The first-order valence-electron chi connectivity index (χ1n) is 3.32. The number of rotatable bonds is 1. The molecule has 0 radical (unpaired) electrons. The molecular formula is C8H7FINO. The maximum atomic E-state index is 12.6. The smallest absolute Gasteiger partial charge is 0.252 e. The average Bonchev–Trinajstić information content (AvgIpc) is 2.03. The second-order valence-electron chi connectivity index (χ2n) is 2.20. The van der Waals surface area contributed by atoms with Gasteiger partial charge in [-0.1, -0.05) is 0 Å². The Morgan fingerprint density at radius 3 is 2.75 bits per heavy atom. The van der Waals surface area contributed by atoms with E-state index in [1.54, 1.807) is 7.05 Å². The summed E-state index contributed by atoms with van der Waals surface area (Å²) in [7, 11) is 1.54. The summed E-state index contributed by atoms with van der Waals surface area (Å²) in [6.07, 6.45) is 0. The summed E-state index contributed by atoms with van der Waals surface area (Å²) in [5, 5.41) is 2.48. The topological polar surface area (TPSA) is 29.1 Å². The predicted molar refractivity (Wildman–Crippen MR) is 52.5 cm³/mol. The number of amides is 1. The highest BCUT2D eigenvalue weighted by Gasteiger charge is 2.07. The first-order valence-corrected chi connectivity index (χ1v) is 4.40. The Balaban J connectivity index is 3.09. The van der Waals surface area contributed by atoms with Crippen molar-refractivity contribution in [3.63, 3.8) is 0 Å². The monoisotopic (exact) mass is 279 g/mol. The van der Waals surface area contributed by atoms with Gasteiger partial charge in [-0.2, -0.15) is 0 Å². The molecule has 1 aromatic rings. The summed E-state index contributed by atoms with van der Waals surface area (Å²) in [5.74, 6) is -0.522. The molecule has 2 nitrogen and oxygen atoms in total. The van der Waals surface area contributed by atoms with E-state index in [1.165, 1.54) is 18.2 Å². The van der Waals surface area contributed by atoms with Crippen molar-refractivity contribution in [1.82, 2.24) is 5.32 Å². The molecule has 0 saturated carbocycles. The van der Waals surface area contributed by atoms with Gasteiger partial charge in [0.1, 0.15) is 5.82 Å². The molecule has 64 valence electrons. The largest absolute Gasteiger partial charge is 0.355 e. The lowest BCUT2D eigenvalue weighted by Crippen LogP contribution is -2.18. The molecule has 0 unspecified atom stereocenters. The average molecular weight is 279 g/mol. The molecule has 0 atom stereocenters. The molecular weight excluding hydrogens is 272 g/mol.